The molecule has 21 heavy (non-hydrogen) atoms. The fraction of sp³-hybridized carbons (Fsp3) is 0.538. The Hall–Kier alpha value is -1.08. The predicted octanol–water partition coefficient (Wildman–Crippen LogP) is 2.82. The second kappa shape index (κ2) is 5.61. The van der Waals surface area contributed by atoms with Crippen LogP contribution in [-0.2, 0) is 4.74 Å². The molecule has 0 spiro atoms. The van der Waals surface area contributed by atoms with E-state index in [1.54, 1.807) is 0 Å². The molecular formula is C13H15Cl2N3O3. The molecule has 3 N–H and O–H groups in total. The number of benzene rings is 1. The minimum absolute atomic E-state index is 0.00260. The van der Waals surface area contributed by atoms with E-state index in [0.29, 0.717) is 18.2 Å². The van der Waals surface area contributed by atoms with E-state index < -0.39 is 4.92 Å². The maximum absolute atomic E-state index is 11.1. The number of nitrogens with zero attached hydrogens (tertiary/aromatic N) is 1. The molecule has 3 rings (SSSR count). The van der Waals surface area contributed by atoms with Gasteiger partial charge in [0.05, 0.1) is 27.1 Å². The molecule has 1 aliphatic heterocycles. The van der Waals surface area contributed by atoms with Crippen molar-refractivity contribution in [3.05, 3.63) is 32.3 Å². The number of nitro benzene ring substituents is 1. The quantitative estimate of drug-likeness (QED) is 0.656. The normalized spacial score (nSPS) is 31.2. The SMILES string of the molecule is NC1C2CCCOC2C1Nc1cc(Cl)c(Cl)cc1[N+](=O)[O-]. The minimum Gasteiger partial charge on any atom is -0.376 e. The Balaban J connectivity index is 1.84. The van der Waals surface area contributed by atoms with E-state index in [-0.39, 0.29) is 33.9 Å². The summed E-state index contributed by atoms with van der Waals surface area (Å²) in [6.45, 7) is 0.704. The van der Waals surface area contributed by atoms with Crippen molar-refractivity contribution in [3.63, 3.8) is 0 Å². The third-order valence-electron chi connectivity index (χ3n) is 4.23. The summed E-state index contributed by atoms with van der Waals surface area (Å²) in [4.78, 5) is 10.6. The van der Waals surface area contributed by atoms with Crippen LogP contribution in [0.3, 0.4) is 0 Å². The van der Waals surface area contributed by atoms with E-state index in [9.17, 15) is 10.1 Å². The number of rotatable bonds is 3. The van der Waals surface area contributed by atoms with E-state index in [4.69, 9.17) is 33.7 Å². The van der Waals surface area contributed by atoms with Crippen LogP contribution in [0.5, 0.6) is 0 Å². The fourth-order valence-corrected chi connectivity index (χ4v) is 3.43. The summed E-state index contributed by atoms with van der Waals surface area (Å²) in [5, 5.41) is 14.7. The Labute approximate surface area is 131 Å². The third-order valence-corrected chi connectivity index (χ3v) is 4.96. The summed E-state index contributed by atoms with van der Waals surface area (Å²) in [5.41, 5.74) is 6.35. The number of nitro groups is 1. The van der Waals surface area contributed by atoms with Gasteiger partial charge in [-0.05, 0) is 18.9 Å². The van der Waals surface area contributed by atoms with Crippen LogP contribution < -0.4 is 11.1 Å². The first-order valence-electron chi connectivity index (χ1n) is 6.76. The molecule has 114 valence electrons. The summed E-state index contributed by atoms with van der Waals surface area (Å²) >= 11 is 11.8. The number of anilines is 1. The summed E-state index contributed by atoms with van der Waals surface area (Å²) in [5.74, 6) is 0.318. The van der Waals surface area contributed by atoms with Gasteiger partial charge in [0, 0.05) is 24.6 Å². The van der Waals surface area contributed by atoms with Crippen LogP contribution in [0, 0.1) is 16.0 Å². The Morgan fingerprint density at radius 3 is 2.81 bits per heavy atom. The molecule has 1 saturated heterocycles. The Kier molecular flexibility index (Phi) is 3.96. The zero-order valence-corrected chi connectivity index (χ0v) is 12.6. The molecular weight excluding hydrogens is 317 g/mol. The average Bonchev–Trinajstić information content (AvgIpc) is 2.47. The number of nitrogens with two attached hydrogens (primary N) is 1. The summed E-state index contributed by atoms with van der Waals surface area (Å²) in [7, 11) is 0. The van der Waals surface area contributed by atoms with Gasteiger partial charge in [0.15, 0.2) is 0 Å². The zero-order valence-electron chi connectivity index (χ0n) is 11.1. The number of halogens is 2. The Morgan fingerprint density at radius 1 is 1.38 bits per heavy atom. The first kappa shape index (κ1) is 14.8. The van der Waals surface area contributed by atoms with Crippen LogP contribution in [-0.4, -0.2) is 29.7 Å². The minimum atomic E-state index is -0.492. The molecule has 1 aromatic rings. The highest BCUT2D eigenvalue weighted by Crippen LogP contribution is 2.41. The van der Waals surface area contributed by atoms with Crippen LogP contribution in [0.4, 0.5) is 11.4 Å². The second-order valence-electron chi connectivity index (χ2n) is 5.43. The zero-order chi connectivity index (χ0) is 15.1. The lowest BCUT2D eigenvalue weighted by atomic mass is 9.68. The topological polar surface area (TPSA) is 90.4 Å². The van der Waals surface area contributed by atoms with Crippen molar-refractivity contribution < 1.29 is 9.66 Å². The highest BCUT2D eigenvalue weighted by molar-refractivity contribution is 6.42. The van der Waals surface area contributed by atoms with Crippen molar-refractivity contribution in [2.45, 2.75) is 31.0 Å². The van der Waals surface area contributed by atoms with Gasteiger partial charge < -0.3 is 15.8 Å². The molecule has 8 heteroatoms. The Bertz CT molecular complexity index is 584. The van der Waals surface area contributed by atoms with Gasteiger partial charge in [-0.3, -0.25) is 10.1 Å². The van der Waals surface area contributed by atoms with Gasteiger partial charge in [-0.25, -0.2) is 0 Å². The lowest BCUT2D eigenvalue weighted by molar-refractivity contribution is -0.384. The summed E-state index contributed by atoms with van der Waals surface area (Å²) in [6.07, 6.45) is 2.05. The number of fused-ring (bicyclic) bond motifs is 1. The monoisotopic (exact) mass is 331 g/mol. The van der Waals surface area contributed by atoms with Gasteiger partial charge in [-0.1, -0.05) is 23.2 Å². The number of ether oxygens (including phenoxy) is 1. The van der Waals surface area contributed by atoms with Gasteiger partial charge in [0.25, 0.3) is 5.69 Å². The molecule has 4 atom stereocenters. The molecule has 0 bridgehead atoms. The fourth-order valence-electron chi connectivity index (χ4n) is 3.11. The first-order valence-corrected chi connectivity index (χ1v) is 7.52. The number of nitrogens with one attached hydrogen (secondary N) is 1. The van der Waals surface area contributed by atoms with Crippen LogP contribution in [0.15, 0.2) is 12.1 Å². The smallest absolute Gasteiger partial charge is 0.293 e. The van der Waals surface area contributed by atoms with Gasteiger partial charge in [-0.2, -0.15) is 0 Å². The molecule has 0 amide bonds. The van der Waals surface area contributed by atoms with Crippen LogP contribution in [0.25, 0.3) is 0 Å². The molecule has 6 nitrogen and oxygen atoms in total. The molecule has 1 heterocycles. The van der Waals surface area contributed by atoms with Gasteiger partial charge in [-0.15, -0.1) is 0 Å². The van der Waals surface area contributed by atoms with E-state index in [2.05, 4.69) is 5.32 Å². The van der Waals surface area contributed by atoms with Crippen LogP contribution in [0.1, 0.15) is 12.8 Å². The van der Waals surface area contributed by atoms with Crippen molar-refractivity contribution in [2.75, 3.05) is 11.9 Å². The molecule has 1 aliphatic carbocycles. The van der Waals surface area contributed by atoms with Crippen molar-refractivity contribution in [1.29, 1.82) is 0 Å². The molecule has 1 saturated carbocycles. The lowest BCUT2D eigenvalue weighted by Crippen LogP contribution is -2.69. The molecule has 4 unspecified atom stereocenters. The maximum Gasteiger partial charge on any atom is 0.293 e. The molecule has 2 fully saturated rings. The maximum atomic E-state index is 11.1. The van der Waals surface area contributed by atoms with Crippen molar-refractivity contribution in [1.82, 2.24) is 0 Å². The van der Waals surface area contributed by atoms with E-state index in [1.165, 1.54) is 12.1 Å². The van der Waals surface area contributed by atoms with Crippen molar-refractivity contribution >= 4 is 34.6 Å². The second-order valence-corrected chi connectivity index (χ2v) is 6.24. The number of hydrogen-bond donors (Lipinski definition) is 2. The highest BCUT2D eigenvalue weighted by Gasteiger charge is 2.50. The average molecular weight is 332 g/mol. The Morgan fingerprint density at radius 2 is 2.10 bits per heavy atom. The van der Waals surface area contributed by atoms with Crippen LogP contribution >= 0.6 is 23.2 Å². The third kappa shape index (κ3) is 2.57. The molecule has 1 aromatic carbocycles. The number of hydrogen-bond acceptors (Lipinski definition) is 5. The van der Waals surface area contributed by atoms with Gasteiger partial charge in [0.1, 0.15) is 5.69 Å². The van der Waals surface area contributed by atoms with E-state index in [0.717, 1.165) is 12.8 Å². The van der Waals surface area contributed by atoms with Crippen molar-refractivity contribution in [3.8, 4) is 0 Å². The lowest BCUT2D eigenvalue weighted by Gasteiger charge is -2.52. The van der Waals surface area contributed by atoms with Gasteiger partial charge >= 0.3 is 0 Å². The van der Waals surface area contributed by atoms with Crippen LogP contribution in [0.2, 0.25) is 10.0 Å². The first-order chi connectivity index (χ1) is 9.99. The van der Waals surface area contributed by atoms with Crippen molar-refractivity contribution in [2.24, 2.45) is 11.7 Å². The highest BCUT2D eigenvalue weighted by atomic mass is 35.5. The standard InChI is InChI=1S/C13H15Cl2N3O3/c14-7-4-9(10(18(19)20)5-8(7)15)17-12-11(16)6-2-1-3-21-13(6)12/h4-6,11-13,17H,1-3,16H2. The molecule has 2 aliphatic rings. The van der Waals surface area contributed by atoms with E-state index in [1.807, 2.05) is 0 Å². The predicted molar refractivity (Wildman–Crippen MR) is 81.0 cm³/mol. The summed E-state index contributed by atoms with van der Waals surface area (Å²) < 4.78 is 5.72. The van der Waals surface area contributed by atoms with Gasteiger partial charge in [0.2, 0.25) is 0 Å². The summed E-state index contributed by atoms with van der Waals surface area (Å²) in [6, 6.07) is 2.48. The van der Waals surface area contributed by atoms with E-state index >= 15 is 0 Å². The largest absolute Gasteiger partial charge is 0.376 e. The molecule has 0 radical (unpaired) electrons. The molecule has 0 aromatic heterocycles.